The summed E-state index contributed by atoms with van der Waals surface area (Å²) in [5.41, 5.74) is 0.915. The predicted octanol–water partition coefficient (Wildman–Crippen LogP) is 0.575. The molecule has 1 amide bonds. The quantitative estimate of drug-likeness (QED) is 0.551. The fraction of sp³-hybridized carbons (Fsp3) is 0.429. The van der Waals surface area contributed by atoms with Crippen molar-refractivity contribution in [1.82, 2.24) is 5.32 Å². The van der Waals surface area contributed by atoms with Crippen molar-refractivity contribution >= 4 is 33.3 Å². The van der Waals surface area contributed by atoms with Gasteiger partial charge in [0.25, 0.3) is 11.7 Å². The highest BCUT2D eigenvalue weighted by molar-refractivity contribution is 9.10. The Labute approximate surface area is 131 Å². The van der Waals surface area contributed by atoms with Gasteiger partial charge in [0.2, 0.25) is 0 Å². The Kier molecular flexibility index (Phi) is 5.46. The standard InChI is InChI=1S/C14H17BrN2O4/c1-21-5-4-16-7-10(18)8-17-12-6-9(15)2-3-11(12)13(19)14(17)20/h2-3,6,10,16,18H,4-5,7-8H2,1H3. The summed E-state index contributed by atoms with van der Waals surface area (Å²) >= 11 is 3.32. The van der Waals surface area contributed by atoms with Crippen molar-refractivity contribution in [2.24, 2.45) is 0 Å². The zero-order chi connectivity index (χ0) is 15.4. The van der Waals surface area contributed by atoms with Crippen LogP contribution in [0.4, 0.5) is 5.69 Å². The second kappa shape index (κ2) is 7.13. The lowest BCUT2D eigenvalue weighted by atomic mass is 10.1. The van der Waals surface area contributed by atoms with Crippen LogP contribution < -0.4 is 10.2 Å². The first-order valence-electron chi connectivity index (χ1n) is 6.58. The van der Waals surface area contributed by atoms with Crippen LogP contribution in [-0.4, -0.2) is 56.3 Å². The molecule has 1 aliphatic heterocycles. The average Bonchev–Trinajstić information content (AvgIpc) is 2.68. The van der Waals surface area contributed by atoms with E-state index in [4.69, 9.17) is 4.74 Å². The minimum absolute atomic E-state index is 0.0774. The van der Waals surface area contributed by atoms with Crippen molar-refractivity contribution in [3.05, 3.63) is 28.2 Å². The molecule has 6 nitrogen and oxygen atoms in total. The minimum atomic E-state index is -0.761. The SMILES string of the molecule is COCCNCC(O)CN1C(=O)C(=O)c2ccc(Br)cc21. The third kappa shape index (κ3) is 3.68. The number of halogens is 1. The third-order valence-electron chi connectivity index (χ3n) is 3.19. The van der Waals surface area contributed by atoms with Crippen LogP contribution in [0.5, 0.6) is 0 Å². The molecule has 2 rings (SSSR count). The van der Waals surface area contributed by atoms with Crippen LogP contribution in [-0.2, 0) is 9.53 Å². The normalized spacial score (nSPS) is 15.5. The van der Waals surface area contributed by atoms with E-state index < -0.39 is 17.8 Å². The fourth-order valence-electron chi connectivity index (χ4n) is 2.17. The number of hydrogen-bond donors (Lipinski definition) is 2. The summed E-state index contributed by atoms with van der Waals surface area (Å²) in [6.07, 6.45) is -0.761. The van der Waals surface area contributed by atoms with Gasteiger partial charge in [-0.3, -0.25) is 9.59 Å². The number of ketones is 1. The van der Waals surface area contributed by atoms with E-state index in [-0.39, 0.29) is 6.54 Å². The van der Waals surface area contributed by atoms with E-state index in [1.165, 1.54) is 4.90 Å². The summed E-state index contributed by atoms with van der Waals surface area (Å²) < 4.78 is 5.67. The number of Topliss-reactive ketones (excluding diaryl/α,β-unsaturated/α-hetero) is 1. The Bertz CT molecular complexity index is 550. The molecule has 1 aliphatic rings. The zero-order valence-corrected chi connectivity index (χ0v) is 13.2. The topological polar surface area (TPSA) is 78.9 Å². The van der Waals surface area contributed by atoms with E-state index in [0.29, 0.717) is 30.9 Å². The van der Waals surface area contributed by atoms with Crippen molar-refractivity contribution in [3.8, 4) is 0 Å². The van der Waals surface area contributed by atoms with E-state index in [1.54, 1.807) is 25.3 Å². The number of carbonyl (C=O) groups excluding carboxylic acids is 2. The van der Waals surface area contributed by atoms with Gasteiger partial charge in [-0.1, -0.05) is 15.9 Å². The van der Waals surface area contributed by atoms with Crippen LogP contribution in [0.15, 0.2) is 22.7 Å². The molecule has 0 aliphatic carbocycles. The molecule has 1 atom stereocenters. The highest BCUT2D eigenvalue weighted by Gasteiger charge is 2.36. The number of ether oxygens (including phenoxy) is 1. The van der Waals surface area contributed by atoms with Crippen LogP contribution in [0.1, 0.15) is 10.4 Å². The van der Waals surface area contributed by atoms with Gasteiger partial charge < -0.3 is 20.1 Å². The van der Waals surface area contributed by atoms with E-state index in [9.17, 15) is 14.7 Å². The molecule has 2 N–H and O–H groups in total. The molecule has 1 aromatic carbocycles. The van der Waals surface area contributed by atoms with Crippen molar-refractivity contribution < 1.29 is 19.4 Å². The van der Waals surface area contributed by atoms with Crippen LogP contribution in [0.3, 0.4) is 0 Å². The van der Waals surface area contributed by atoms with Crippen molar-refractivity contribution in [1.29, 1.82) is 0 Å². The first kappa shape index (κ1) is 16.1. The summed E-state index contributed by atoms with van der Waals surface area (Å²) in [6.45, 7) is 1.56. The first-order valence-corrected chi connectivity index (χ1v) is 7.37. The number of methoxy groups -OCH3 is 1. The fourth-order valence-corrected chi connectivity index (χ4v) is 2.52. The Morgan fingerprint density at radius 2 is 2.19 bits per heavy atom. The molecule has 0 spiro atoms. The molecule has 0 bridgehead atoms. The molecule has 0 aromatic heterocycles. The second-order valence-electron chi connectivity index (χ2n) is 4.76. The molecule has 0 radical (unpaired) electrons. The van der Waals surface area contributed by atoms with Gasteiger partial charge in [0.15, 0.2) is 0 Å². The van der Waals surface area contributed by atoms with Crippen molar-refractivity contribution in [2.75, 3.05) is 38.3 Å². The number of nitrogens with one attached hydrogen (secondary N) is 1. The monoisotopic (exact) mass is 356 g/mol. The van der Waals surface area contributed by atoms with Gasteiger partial charge in [-0.15, -0.1) is 0 Å². The predicted molar refractivity (Wildman–Crippen MR) is 81.6 cm³/mol. The number of aliphatic hydroxyl groups is 1. The first-order chi connectivity index (χ1) is 10.0. The van der Waals surface area contributed by atoms with Gasteiger partial charge in [-0.2, -0.15) is 0 Å². The van der Waals surface area contributed by atoms with Gasteiger partial charge in [0.05, 0.1) is 30.5 Å². The Morgan fingerprint density at radius 3 is 2.90 bits per heavy atom. The number of rotatable bonds is 7. The number of fused-ring (bicyclic) bond motifs is 1. The lowest BCUT2D eigenvalue weighted by Gasteiger charge is -2.21. The molecule has 1 heterocycles. The lowest BCUT2D eigenvalue weighted by Crippen LogP contribution is -2.41. The second-order valence-corrected chi connectivity index (χ2v) is 5.67. The highest BCUT2D eigenvalue weighted by Crippen LogP contribution is 2.31. The maximum absolute atomic E-state index is 12.0. The van der Waals surface area contributed by atoms with E-state index in [1.807, 2.05) is 0 Å². The summed E-state index contributed by atoms with van der Waals surface area (Å²) in [6, 6.07) is 5.04. The summed E-state index contributed by atoms with van der Waals surface area (Å²) in [5.74, 6) is -1.13. The highest BCUT2D eigenvalue weighted by atomic mass is 79.9. The number of amides is 1. The zero-order valence-electron chi connectivity index (χ0n) is 11.6. The number of nitrogens with zero attached hydrogens (tertiary/aromatic N) is 1. The Balaban J connectivity index is 2.02. The molecule has 114 valence electrons. The third-order valence-corrected chi connectivity index (χ3v) is 3.68. The van der Waals surface area contributed by atoms with Crippen LogP contribution in [0.2, 0.25) is 0 Å². The molecular weight excluding hydrogens is 340 g/mol. The summed E-state index contributed by atoms with van der Waals surface area (Å²) in [4.78, 5) is 25.2. The van der Waals surface area contributed by atoms with Gasteiger partial charge in [0, 0.05) is 24.7 Å². The van der Waals surface area contributed by atoms with Crippen LogP contribution in [0, 0.1) is 0 Å². The number of hydrogen-bond acceptors (Lipinski definition) is 5. The number of carbonyl (C=O) groups is 2. The summed E-state index contributed by atoms with van der Waals surface area (Å²) in [5, 5.41) is 13.0. The number of benzene rings is 1. The van der Waals surface area contributed by atoms with E-state index in [2.05, 4.69) is 21.2 Å². The van der Waals surface area contributed by atoms with Gasteiger partial charge in [-0.05, 0) is 18.2 Å². The molecule has 0 saturated heterocycles. The summed E-state index contributed by atoms with van der Waals surface area (Å²) in [7, 11) is 1.60. The molecule has 21 heavy (non-hydrogen) atoms. The van der Waals surface area contributed by atoms with Gasteiger partial charge >= 0.3 is 0 Å². The minimum Gasteiger partial charge on any atom is -0.390 e. The molecule has 1 unspecified atom stereocenters. The van der Waals surface area contributed by atoms with E-state index in [0.717, 1.165) is 4.47 Å². The molecule has 0 saturated carbocycles. The van der Waals surface area contributed by atoms with Gasteiger partial charge in [0.1, 0.15) is 0 Å². The number of aliphatic hydroxyl groups excluding tert-OH is 1. The largest absolute Gasteiger partial charge is 0.390 e. The lowest BCUT2D eigenvalue weighted by molar-refractivity contribution is -0.114. The number of anilines is 1. The Morgan fingerprint density at radius 1 is 1.43 bits per heavy atom. The van der Waals surface area contributed by atoms with E-state index >= 15 is 0 Å². The smallest absolute Gasteiger partial charge is 0.299 e. The average molecular weight is 357 g/mol. The molecular formula is C14H17BrN2O4. The van der Waals surface area contributed by atoms with Gasteiger partial charge in [-0.25, -0.2) is 0 Å². The molecule has 7 heteroatoms. The molecule has 1 aromatic rings. The maximum atomic E-state index is 12.0. The van der Waals surface area contributed by atoms with Crippen molar-refractivity contribution in [2.45, 2.75) is 6.10 Å². The van der Waals surface area contributed by atoms with Crippen molar-refractivity contribution in [3.63, 3.8) is 0 Å². The maximum Gasteiger partial charge on any atom is 0.299 e. The van der Waals surface area contributed by atoms with Crippen LogP contribution in [0.25, 0.3) is 0 Å². The Hall–Kier alpha value is -1.28. The number of β-amino-alcohol motifs (C(OH)–C–C–N with tert-alkyl or cyclic N) is 1. The molecule has 0 fully saturated rings. The van der Waals surface area contributed by atoms with Crippen LogP contribution >= 0.6 is 15.9 Å².